The van der Waals surface area contributed by atoms with Gasteiger partial charge in [-0.15, -0.1) is 0 Å². The molecule has 0 bridgehead atoms. The summed E-state index contributed by atoms with van der Waals surface area (Å²) < 4.78 is 5.52. The minimum Gasteiger partial charge on any atom is -0.395 e. The van der Waals surface area contributed by atoms with Crippen LogP contribution < -0.4 is 0 Å². The maximum Gasteiger partial charge on any atom is 0.124 e. The first-order chi connectivity index (χ1) is 12.3. The Morgan fingerprint density at radius 2 is 1.92 bits per heavy atom. The lowest BCUT2D eigenvalue weighted by Crippen LogP contribution is -2.46. The van der Waals surface area contributed by atoms with Crippen LogP contribution in [0.4, 0.5) is 0 Å². The minimum absolute atomic E-state index is 0.300. The Hall–Kier alpha value is -1.89. The van der Waals surface area contributed by atoms with Gasteiger partial charge < -0.3 is 24.8 Å². The number of para-hydroxylation sites is 1. The third-order valence-corrected chi connectivity index (χ3v) is 4.36. The van der Waals surface area contributed by atoms with Crippen LogP contribution in [0.15, 0.2) is 35.6 Å². The zero-order chi connectivity index (χ0) is 19.3. The number of oxime groups is 1. The number of aliphatic hydroxyl groups excluding tert-OH is 2. The van der Waals surface area contributed by atoms with Crippen LogP contribution in [0, 0.1) is 5.41 Å². The number of hydrogen-bond donors (Lipinski definition) is 3. The lowest BCUT2D eigenvalue weighted by atomic mass is 9.83. The number of benzene rings is 1. The van der Waals surface area contributed by atoms with Crippen LogP contribution in [0.2, 0.25) is 0 Å². The number of hydrogen-bond acceptors (Lipinski definition) is 5. The summed E-state index contributed by atoms with van der Waals surface area (Å²) in [6.45, 7) is 7.83. The van der Waals surface area contributed by atoms with Gasteiger partial charge >= 0.3 is 0 Å². The second-order valence-electron chi connectivity index (χ2n) is 7.63. The molecule has 1 aromatic carbocycles. The number of H-pyrrole nitrogens is 1. The molecule has 0 fully saturated rings. The predicted octanol–water partition coefficient (Wildman–Crippen LogP) is 2.89. The van der Waals surface area contributed by atoms with Crippen molar-refractivity contribution in [2.24, 2.45) is 10.6 Å². The van der Waals surface area contributed by atoms with E-state index in [0.717, 1.165) is 16.5 Å². The average Bonchev–Trinajstić information content (AvgIpc) is 2.99. The molecule has 3 atom stereocenters. The summed E-state index contributed by atoms with van der Waals surface area (Å²) >= 11 is 0. The monoisotopic (exact) mass is 362 g/mol. The van der Waals surface area contributed by atoms with Crippen molar-refractivity contribution in [3.63, 3.8) is 0 Å². The number of nitrogens with zero attached hydrogens (tertiary/aromatic N) is 1. The molecule has 0 spiro atoms. The van der Waals surface area contributed by atoms with Crippen molar-refractivity contribution in [1.82, 2.24) is 4.98 Å². The molecule has 1 heterocycles. The lowest BCUT2D eigenvalue weighted by Gasteiger charge is -2.32. The first-order valence-electron chi connectivity index (χ1n) is 8.89. The molecule has 144 valence electrons. The van der Waals surface area contributed by atoms with Crippen LogP contribution in [-0.4, -0.2) is 52.9 Å². The molecule has 0 amide bonds. The Morgan fingerprint density at radius 3 is 2.54 bits per heavy atom. The first kappa shape index (κ1) is 20.4. The Morgan fingerprint density at radius 1 is 1.23 bits per heavy atom. The fourth-order valence-corrected chi connectivity index (χ4v) is 3.04. The molecule has 26 heavy (non-hydrogen) atoms. The predicted molar refractivity (Wildman–Crippen MR) is 103 cm³/mol. The maximum atomic E-state index is 10.3. The normalized spacial score (nSPS) is 16.5. The average molecular weight is 362 g/mol. The molecule has 0 aliphatic heterocycles. The molecule has 2 aromatic rings. The summed E-state index contributed by atoms with van der Waals surface area (Å²) in [5.74, 6) is 0. The van der Waals surface area contributed by atoms with Gasteiger partial charge in [-0.25, -0.2) is 0 Å². The van der Waals surface area contributed by atoms with E-state index in [2.05, 4.69) is 16.2 Å². The van der Waals surface area contributed by atoms with Gasteiger partial charge in [0.2, 0.25) is 0 Å². The van der Waals surface area contributed by atoms with E-state index in [-0.39, 0.29) is 5.41 Å². The number of aliphatic hydroxyl groups is 2. The fourth-order valence-electron chi connectivity index (χ4n) is 3.04. The second kappa shape index (κ2) is 8.66. The van der Waals surface area contributed by atoms with Crippen molar-refractivity contribution in [2.45, 2.75) is 52.4 Å². The summed E-state index contributed by atoms with van der Waals surface area (Å²) in [6, 6.07) is 8.09. The Bertz CT molecular complexity index is 731. The standard InChI is InChI=1S/C20H30N2O4/c1-13(23)18(24)17(19(25-5)20(2,3)4)22-26-11-10-14-12-21-16-9-7-6-8-15(14)16/h6-9,12-13,18-19,21,23-24H,10-11H2,1-5H3/b22-17+/t13-,18+,19-/m1/s1. The smallest absolute Gasteiger partial charge is 0.124 e. The van der Waals surface area contributed by atoms with Gasteiger partial charge in [-0.1, -0.05) is 44.1 Å². The van der Waals surface area contributed by atoms with Gasteiger partial charge in [0.15, 0.2) is 0 Å². The number of aromatic nitrogens is 1. The van der Waals surface area contributed by atoms with E-state index in [1.54, 1.807) is 7.11 Å². The number of nitrogens with one attached hydrogen (secondary N) is 1. The zero-order valence-electron chi connectivity index (χ0n) is 16.2. The molecule has 6 heteroatoms. The van der Waals surface area contributed by atoms with Crippen molar-refractivity contribution in [2.75, 3.05) is 13.7 Å². The van der Waals surface area contributed by atoms with Crippen molar-refractivity contribution in [3.05, 3.63) is 36.0 Å². The molecule has 0 saturated heterocycles. The molecule has 6 nitrogen and oxygen atoms in total. The fraction of sp³-hybridized carbons (Fsp3) is 0.550. The summed E-state index contributed by atoms with van der Waals surface area (Å²) in [6.07, 6.45) is 0.0632. The highest BCUT2D eigenvalue weighted by Gasteiger charge is 2.35. The van der Waals surface area contributed by atoms with Crippen LogP contribution in [0.1, 0.15) is 33.3 Å². The first-order valence-corrected chi connectivity index (χ1v) is 8.89. The Labute approximate surface area is 154 Å². The molecule has 3 N–H and O–H groups in total. The molecule has 1 aromatic heterocycles. The molecule has 2 rings (SSSR count). The molecule has 0 aliphatic rings. The van der Waals surface area contributed by atoms with E-state index >= 15 is 0 Å². The van der Waals surface area contributed by atoms with Gasteiger partial charge in [0.25, 0.3) is 0 Å². The third-order valence-electron chi connectivity index (χ3n) is 4.36. The summed E-state index contributed by atoms with van der Waals surface area (Å²) in [5, 5.41) is 25.4. The highest BCUT2D eigenvalue weighted by molar-refractivity contribution is 5.93. The molecule has 0 aliphatic carbocycles. The quantitative estimate of drug-likeness (QED) is 0.383. The topological polar surface area (TPSA) is 87.1 Å². The number of aromatic amines is 1. The van der Waals surface area contributed by atoms with Gasteiger partial charge in [-0.2, -0.15) is 0 Å². The number of rotatable bonds is 8. The van der Waals surface area contributed by atoms with E-state index in [0.29, 0.717) is 18.7 Å². The van der Waals surface area contributed by atoms with E-state index in [9.17, 15) is 10.2 Å². The van der Waals surface area contributed by atoms with Gasteiger partial charge in [-0.3, -0.25) is 0 Å². The van der Waals surface area contributed by atoms with Crippen molar-refractivity contribution in [1.29, 1.82) is 0 Å². The Balaban J connectivity index is 2.09. The molecule has 0 radical (unpaired) electrons. The van der Waals surface area contributed by atoms with Gasteiger partial charge in [0, 0.05) is 30.6 Å². The molecular weight excluding hydrogens is 332 g/mol. The number of methoxy groups -OCH3 is 1. The van der Waals surface area contributed by atoms with Crippen LogP contribution in [-0.2, 0) is 16.0 Å². The van der Waals surface area contributed by atoms with Gasteiger partial charge in [0.1, 0.15) is 24.5 Å². The van der Waals surface area contributed by atoms with Gasteiger partial charge in [-0.05, 0) is 24.0 Å². The summed E-state index contributed by atoms with van der Waals surface area (Å²) in [4.78, 5) is 8.72. The maximum absolute atomic E-state index is 10.3. The summed E-state index contributed by atoms with van der Waals surface area (Å²) in [7, 11) is 1.56. The van der Waals surface area contributed by atoms with Crippen molar-refractivity contribution in [3.8, 4) is 0 Å². The van der Waals surface area contributed by atoms with E-state index in [1.807, 2.05) is 45.2 Å². The van der Waals surface area contributed by atoms with E-state index in [1.165, 1.54) is 6.92 Å². The van der Waals surface area contributed by atoms with E-state index in [4.69, 9.17) is 9.57 Å². The zero-order valence-corrected chi connectivity index (χ0v) is 16.2. The second-order valence-corrected chi connectivity index (χ2v) is 7.63. The molecule has 0 saturated carbocycles. The minimum atomic E-state index is -1.15. The van der Waals surface area contributed by atoms with Crippen LogP contribution in [0.5, 0.6) is 0 Å². The van der Waals surface area contributed by atoms with Crippen LogP contribution in [0.25, 0.3) is 10.9 Å². The van der Waals surface area contributed by atoms with Crippen molar-refractivity contribution >= 4 is 16.6 Å². The van der Waals surface area contributed by atoms with Crippen LogP contribution in [0.3, 0.4) is 0 Å². The highest BCUT2D eigenvalue weighted by atomic mass is 16.6. The number of ether oxygens (including phenoxy) is 1. The largest absolute Gasteiger partial charge is 0.395 e. The Kier molecular flexibility index (Phi) is 6.81. The SMILES string of the molecule is CO[C@H](/C(=N/OCCc1c[nH]c2ccccc12)[C@@H](O)[C@@H](C)O)C(C)(C)C. The highest BCUT2D eigenvalue weighted by Crippen LogP contribution is 2.25. The van der Waals surface area contributed by atoms with Gasteiger partial charge in [0.05, 0.1) is 6.10 Å². The summed E-state index contributed by atoms with van der Waals surface area (Å²) in [5.41, 5.74) is 2.23. The molecule has 0 unspecified atom stereocenters. The third kappa shape index (κ3) is 4.84. The van der Waals surface area contributed by atoms with Crippen molar-refractivity contribution < 1.29 is 19.8 Å². The van der Waals surface area contributed by atoms with E-state index < -0.39 is 18.3 Å². The number of fused-ring (bicyclic) bond motifs is 1. The lowest BCUT2D eigenvalue weighted by molar-refractivity contribution is 0.0262. The van der Waals surface area contributed by atoms with Crippen LogP contribution >= 0.6 is 0 Å². The molecular formula is C20H30N2O4.